The maximum Gasteiger partial charge on any atom is 0.310 e. The molecule has 0 unspecified atom stereocenters. The Kier molecular flexibility index (Phi) is 3.60. The lowest BCUT2D eigenvalue weighted by Crippen LogP contribution is -2.39. The second kappa shape index (κ2) is 5.03. The first kappa shape index (κ1) is 13.6. The van der Waals surface area contributed by atoms with E-state index >= 15 is 0 Å². The first-order chi connectivity index (χ1) is 8.92. The number of carbonyl (C=O) groups excluding carboxylic acids is 1. The van der Waals surface area contributed by atoms with Crippen LogP contribution in [0.4, 0.5) is 5.69 Å². The van der Waals surface area contributed by atoms with Crippen LogP contribution in [0.3, 0.4) is 0 Å². The van der Waals surface area contributed by atoms with E-state index in [9.17, 15) is 14.7 Å². The zero-order valence-electron chi connectivity index (χ0n) is 11.3. The summed E-state index contributed by atoms with van der Waals surface area (Å²) in [6.07, 6.45) is 1.30. The van der Waals surface area contributed by atoms with Crippen molar-refractivity contribution in [1.82, 2.24) is 0 Å². The fraction of sp³-hybridized carbons (Fsp3) is 0.467. The van der Waals surface area contributed by atoms with Gasteiger partial charge < -0.3 is 10.0 Å². The third-order valence-corrected chi connectivity index (χ3v) is 3.54. The number of anilines is 1. The molecule has 1 aliphatic rings. The van der Waals surface area contributed by atoms with E-state index in [-0.39, 0.29) is 5.78 Å². The fourth-order valence-corrected chi connectivity index (χ4v) is 2.38. The largest absolute Gasteiger partial charge is 0.481 e. The van der Waals surface area contributed by atoms with E-state index in [1.54, 1.807) is 13.8 Å². The van der Waals surface area contributed by atoms with Crippen molar-refractivity contribution in [3.05, 3.63) is 29.8 Å². The maximum atomic E-state index is 12.0. The van der Waals surface area contributed by atoms with Crippen LogP contribution in [0.5, 0.6) is 0 Å². The Labute approximate surface area is 113 Å². The second-order valence-corrected chi connectivity index (χ2v) is 5.65. The van der Waals surface area contributed by atoms with Crippen LogP contribution in [0.1, 0.15) is 37.0 Å². The van der Waals surface area contributed by atoms with Crippen LogP contribution in [0, 0.1) is 5.41 Å². The van der Waals surface area contributed by atoms with Crippen LogP contribution < -0.4 is 4.90 Å². The van der Waals surface area contributed by atoms with E-state index in [4.69, 9.17) is 0 Å². The summed E-state index contributed by atoms with van der Waals surface area (Å²) in [5, 5.41) is 9.25. The van der Waals surface area contributed by atoms with Gasteiger partial charge >= 0.3 is 5.97 Å². The molecule has 0 aliphatic carbocycles. The lowest BCUT2D eigenvalue weighted by molar-refractivity contribution is -0.146. The minimum atomic E-state index is -0.833. The van der Waals surface area contributed by atoms with Gasteiger partial charge in [-0.15, -0.1) is 0 Å². The first-order valence-electron chi connectivity index (χ1n) is 6.52. The molecule has 0 radical (unpaired) electrons. The van der Waals surface area contributed by atoms with Gasteiger partial charge in [-0.1, -0.05) is 12.1 Å². The van der Waals surface area contributed by atoms with Crippen molar-refractivity contribution in [3.63, 3.8) is 0 Å². The van der Waals surface area contributed by atoms with E-state index in [0.29, 0.717) is 18.5 Å². The average molecular weight is 261 g/mol. The average Bonchev–Trinajstić information content (AvgIpc) is 2.50. The van der Waals surface area contributed by atoms with Gasteiger partial charge in [0.15, 0.2) is 5.78 Å². The molecule has 0 amide bonds. The number of benzene rings is 1. The van der Waals surface area contributed by atoms with Crippen LogP contribution in [-0.4, -0.2) is 29.9 Å². The second-order valence-electron chi connectivity index (χ2n) is 5.65. The monoisotopic (exact) mass is 261 g/mol. The van der Waals surface area contributed by atoms with E-state index < -0.39 is 11.4 Å². The zero-order chi connectivity index (χ0) is 14.0. The number of rotatable bonds is 3. The van der Waals surface area contributed by atoms with Gasteiger partial charge in [0.2, 0.25) is 0 Å². The Morgan fingerprint density at radius 1 is 1.37 bits per heavy atom. The van der Waals surface area contributed by atoms with Crippen LogP contribution in [0.15, 0.2) is 24.3 Å². The molecular weight excluding hydrogens is 242 g/mol. The van der Waals surface area contributed by atoms with Gasteiger partial charge in [0.25, 0.3) is 0 Å². The van der Waals surface area contributed by atoms with Crippen molar-refractivity contribution in [3.8, 4) is 0 Å². The molecule has 1 N–H and O–H groups in total. The molecule has 0 spiro atoms. The maximum absolute atomic E-state index is 12.0. The zero-order valence-corrected chi connectivity index (χ0v) is 11.3. The van der Waals surface area contributed by atoms with Crippen molar-refractivity contribution >= 4 is 17.4 Å². The molecule has 0 atom stereocenters. The van der Waals surface area contributed by atoms with Gasteiger partial charge in [0, 0.05) is 30.8 Å². The summed E-state index contributed by atoms with van der Waals surface area (Å²) in [5.41, 5.74) is 0.737. The predicted molar refractivity (Wildman–Crippen MR) is 73.6 cm³/mol. The molecule has 102 valence electrons. The van der Waals surface area contributed by atoms with Crippen molar-refractivity contribution < 1.29 is 14.7 Å². The molecule has 1 heterocycles. The fourth-order valence-electron chi connectivity index (χ4n) is 2.38. The van der Waals surface area contributed by atoms with E-state index in [1.165, 1.54) is 0 Å². The Morgan fingerprint density at radius 3 is 2.74 bits per heavy atom. The van der Waals surface area contributed by atoms with Crippen LogP contribution in [0.25, 0.3) is 0 Å². The predicted octanol–water partition coefficient (Wildman–Crippen LogP) is 2.58. The van der Waals surface area contributed by atoms with Crippen LogP contribution in [-0.2, 0) is 4.79 Å². The number of carbonyl (C=O) groups is 2. The van der Waals surface area contributed by atoms with Crippen molar-refractivity contribution in [2.45, 2.75) is 26.7 Å². The van der Waals surface area contributed by atoms with Gasteiger partial charge in [0.05, 0.1) is 5.41 Å². The lowest BCUT2D eigenvalue weighted by atomic mass is 9.92. The molecule has 0 saturated carbocycles. The molecule has 4 heteroatoms. The Bertz CT molecular complexity index is 508. The van der Waals surface area contributed by atoms with Gasteiger partial charge in [-0.3, -0.25) is 9.59 Å². The smallest absolute Gasteiger partial charge is 0.310 e. The Balaban J connectivity index is 2.34. The number of hydrogen-bond donors (Lipinski definition) is 1. The third-order valence-electron chi connectivity index (χ3n) is 3.54. The first-order valence-corrected chi connectivity index (χ1v) is 6.52. The molecule has 0 fully saturated rings. The Morgan fingerprint density at radius 2 is 2.05 bits per heavy atom. The van der Waals surface area contributed by atoms with Crippen molar-refractivity contribution in [2.75, 3.05) is 18.0 Å². The summed E-state index contributed by atoms with van der Waals surface area (Å²) < 4.78 is 0. The number of hydrogen-bond acceptors (Lipinski definition) is 3. The molecule has 1 aromatic rings. The highest BCUT2D eigenvalue weighted by Gasteiger charge is 2.31. The molecule has 0 saturated heterocycles. The SMILES string of the molecule is CC(C)(CN1CCCC(=O)c2ccccc21)C(=O)O. The summed E-state index contributed by atoms with van der Waals surface area (Å²) in [4.78, 5) is 25.3. The number of aliphatic carboxylic acids is 1. The number of nitrogens with zero attached hydrogens (tertiary/aromatic N) is 1. The molecular formula is C15H19NO3. The number of carboxylic acid groups (broad SMARTS) is 1. The number of para-hydroxylation sites is 1. The minimum absolute atomic E-state index is 0.145. The topological polar surface area (TPSA) is 57.6 Å². The molecule has 0 aromatic heterocycles. The minimum Gasteiger partial charge on any atom is -0.481 e. The summed E-state index contributed by atoms with van der Waals surface area (Å²) in [5.74, 6) is -0.674. The molecule has 19 heavy (non-hydrogen) atoms. The number of ketones is 1. The highest BCUT2D eigenvalue weighted by atomic mass is 16.4. The molecule has 0 bridgehead atoms. The molecule has 1 aromatic carbocycles. The Hall–Kier alpha value is -1.84. The summed E-state index contributed by atoms with van der Waals surface area (Å²) >= 11 is 0. The molecule has 2 rings (SSSR count). The third kappa shape index (κ3) is 2.78. The number of fused-ring (bicyclic) bond motifs is 1. The highest BCUT2D eigenvalue weighted by molar-refractivity contribution is 6.02. The van der Waals surface area contributed by atoms with E-state index in [2.05, 4.69) is 0 Å². The summed E-state index contributed by atoms with van der Waals surface area (Å²) in [6, 6.07) is 7.46. The van der Waals surface area contributed by atoms with Crippen LogP contribution >= 0.6 is 0 Å². The van der Waals surface area contributed by atoms with Gasteiger partial charge in [0.1, 0.15) is 0 Å². The van der Waals surface area contributed by atoms with Gasteiger partial charge in [-0.05, 0) is 32.4 Å². The van der Waals surface area contributed by atoms with Crippen LogP contribution in [0.2, 0.25) is 0 Å². The van der Waals surface area contributed by atoms with Crippen molar-refractivity contribution in [1.29, 1.82) is 0 Å². The van der Waals surface area contributed by atoms with E-state index in [0.717, 1.165) is 18.7 Å². The number of carboxylic acids is 1. The van der Waals surface area contributed by atoms with Gasteiger partial charge in [-0.2, -0.15) is 0 Å². The summed E-state index contributed by atoms with van der Waals surface area (Å²) in [6.45, 7) is 4.56. The van der Waals surface area contributed by atoms with E-state index in [1.807, 2.05) is 29.2 Å². The summed E-state index contributed by atoms with van der Waals surface area (Å²) in [7, 11) is 0. The standard InChI is InChI=1S/C15H19NO3/c1-15(2,14(18)19)10-16-9-5-8-13(17)11-6-3-4-7-12(11)16/h3-4,6-7H,5,8-10H2,1-2H3,(H,18,19). The number of Topliss-reactive ketones (excluding diaryl/α,β-unsaturated/α-hetero) is 1. The van der Waals surface area contributed by atoms with Gasteiger partial charge in [-0.25, -0.2) is 0 Å². The molecule has 4 nitrogen and oxygen atoms in total. The normalized spacial score (nSPS) is 15.9. The highest BCUT2D eigenvalue weighted by Crippen LogP contribution is 2.29. The molecule has 1 aliphatic heterocycles. The quantitative estimate of drug-likeness (QED) is 0.908. The van der Waals surface area contributed by atoms with Crippen molar-refractivity contribution in [2.24, 2.45) is 5.41 Å². The lowest BCUT2D eigenvalue weighted by Gasteiger charge is -2.31.